The number of carbonyl (C=O) groups excluding carboxylic acids is 1. The van der Waals surface area contributed by atoms with Crippen LogP contribution in [0.5, 0.6) is 0 Å². The van der Waals surface area contributed by atoms with Gasteiger partial charge in [-0.2, -0.15) is 0 Å². The lowest BCUT2D eigenvalue weighted by atomic mass is 10.1. The molecular formula is C17H19N7OS. The number of thiazole rings is 1. The number of anilines is 4. The first-order valence-corrected chi connectivity index (χ1v) is 8.71. The molecule has 8 nitrogen and oxygen atoms in total. The maximum atomic E-state index is 12.3. The zero-order valence-electron chi connectivity index (χ0n) is 14.6. The first-order valence-electron chi connectivity index (χ1n) is 7.89. The second-order valence-corrected chi connectivity index (χ2v) is 6.87. The number of aromatic nitrogens is 3. The lowest BCUT2D eigenvalue weighted by Gasteiger charge is -2.13. The average molecular weight is 369 g/mol. The van der Waals surface area contributed by atoms with Crippen molar-refractivity contribution in [2.75, 3.05) is 16.5 Å². The van der Waals surface area contributed by atoms with E-state index in [1.165, 1.54) is 17.7 Å². The van der Waals surface area contributed by atoms with Gasteiger partial charge in [0.2, 0.25) is 0 Å². The molecule has 134 valence electrons. The first kappa shape index (κ1) is 17.6. The number of nitrogens with two attached hydrogens (primary N) is 1. The molecule has 0 spiro atoms. The topological polar surface area (TPSA) is 118 Å². The van der Waals surface area contributed by atoms with Crippen LogP contribution >= 0.6 is 11.3 Å². The molecule has 0 aliphatic heterocycles. The van der Waals surface area contributed by atoms with Crippen molar-refractivity contribution < 1.29 is 4.79 Å². The lowest BCUT2D eigenvalue weighted by Crippen LogP contribution is -2.30. The molecule has 0 aliphatic carbocycles. The smallest absolute Gasteiger partial charge is 0.269 e. The van der Waals surface area contributed by atoms with Crippen LogP contribution in [0.15, 0.2) is 30.6 Å². The monoisotopic (exact) mass is 369 g/mol. The van der Waals surface area contributed by atoms with Crippen LogP contribution in [0.2, 0.25) is 0 Å². The van der Waals surface area contributed by atoms with Crippen LogP contribution < -0.4 is 21.9 Å². The molecule has 0 atom stereocenters. The summed E-state index contributed by atoms with van der Waals surface area (Å²) in [5.41, 5.74) is 14.1. The Morgan fingerprint density at radius 2 is 1.85 bits per heavy atom. The first-order chi connectivity index (χ1) is 12.5. The molecule has 0 bridgehead atoms. The van der Waals surface area contributed by atoms with E-state index in [2.05, 4.69) is 31.1 Å². The Bertz CT molecular complexity index is 935. The molecule has 9 heteroatoms. The van der Waals surface area contributed by atoms with Crippen LogP contribution in [0.4, 0.5) is 22.5 Å². The van der Waals surface area contributed by atoms with Crippen LogP contribution in [0.1, 0.15) is 26.5 Å². The summed E-state index contributed by atoms with van der Waals surface area (Å²) >= 11 is 1.51. The van der Waals surface area contributed by atoms with E-state index in [0.717, 1.165) is 16.1 Å². The van der Waals surface area contributed by atoms with Crippen LogP contribution in [-0.2, 0) is 0 Å². The second-order valence-electron chi connectivity index (χ2n) is 5.66. The van der Waals surface area contributed by atoms with E-state index in [0.29, 0.717) is 22.3 Å². The summed E-state index contributed by atoms with van der Waals surface area (Å²) in [6.45, 7) is 5.80. The Labute approximate surface area is 154 Å². The van der Waals surface area contributed by atoms with Gasteiger partial charge >= 0.3 is 0 Å². The van der Waals surface area contributed by atoms with Crippen molar-refractivity contribution in [2.45, 2.75) is 20.8 Å². The zero-order valence-corrected chi connectivity index (χ0v) is 15.4. The standard InChI is InChI=1S/C17H19N7OS/c1-9-6-4-5-7-12(9)16(25)24-23-15-13(18)14(19-8-20-15)22-17-21-10(2)11(3)26-17/h4-8H,18H2,1-3H3,(H,24,25)(H2,19,20,21,22,23). The molecule has 0 saturated heterocycles. The maximum Gasteiger partial charge on any atom is 0.269 e. The van der Waals surface area contributed by atoms with Gasteiger partial charge in [-0.25, -0.2) is 15.0 Å². The van der Waals surface area contributed by atoms with Gasteiger partial charge in [-0.1, -0.05) is 18.2 Å². The highest BCUT2D eigenvalue weighted by Crippen LogP contribution is 2.28. The number of nitrogens with zero attached hydrogens (tertiary/aromatic N) is 3. The van der Waals surface area contributed by atoms with E-state index in [-0.39, 0.29) is 11.6 Å². The largest absolute Gasteiger partial charge is 0.393 e. The van der Waals surface area contributed by atoms with Crippen molar-refractivity contribution in [3.8, 4) is 0 Å². The zero-order chi connectivity index (χ0) is 18.7. The summed E-state index contributed by atoms with van der Waals surface area (Å²) in [5.74, 6) is 0.442. The van der Waals surface area contributed by atoms with E-state index in [9.17, 15) is 4.79 Å². The van der Waals surface area contributed by atoms with Crippen LogP contribution in [0.3, 0.4) is 0 Å². The summed E-state index contributed by atoms with van der Waals surface area (Å²) < 4.78 is 0. The van der Waals surface area contributed by atoms with Crippen molar-refractivity contribution in [3.05, 3.63) is 52.3 Å². The number of aryl methyl sites for hydroxylation is 3. The van der Waals surface area contributed by atoms with Crippen LogP contribution in [0.25, 0.3) is 0 Å². The van der Waals surface area contributed by atoms with E-state index < -0.39 is 0 Å². The number of rotatable bonds is 5. The number of hydrogen-bond acceptors (Lipinski definition) is 8. The van der Waals surface area contributed by atoms with Gasteiger partial charge in [0.15, 0.2) is 16.8 Å². The van der Waals surface area contributed by atoms with Gasteiger partial charge in [0.25, 0.3) is 5.91 Å². The molecule has 0 aliphatic rings. The van der Waals surface area contributed by atoms with Gasteiger partial charge in [0.05, 0.1) is 5.69 Å². The number of hydrazine groups is 1. The van der Waals surface area contributed by atoms with E-state index in [1.54, 1.807) is 12.1 Å². The maximum absolute atomic E-state index is 12.3. The van der Waals surface area contributed by atoms with Crippen molar-refractivity contribution >= 4 is 39.7 Å². The van der Waals surface area contributed by atoms with Crippen molar-refractivity contribution in [3.63, 3.8) is 0 Å². The molecule has 2 heterocycles. The third-order valence-corrected chi connectivity index (χ3v) is 4.81. The van der Waals surface area contributed by atoms with Crippen LogP contribution in [0, 0.1) is 20.8 Å². The van der Waals surface area contributed by atoms with Gasteiger partial charge in [0.1, 0.15) is 12.0 Å². The minimum Gasteiger partial charge on any atom is -0.393 e. The molecular weight excluding hydrogens is 350 g/mol. The number of hydrogen-bond donors (Lipinski definition) is 4. The third kappa shape index (κ3) is 3.72. The van der Waals surface area contributed by atoms with Gasteiger partial charge < -0.3 is 11.1 Å². The Kier molecular flexibility index (Phi) is 4.99. The fourth-order valence-electron chi connectivity index (χ4n) is 2.23. The molecule has 3 rings (SSSR count). The van der Waals surface area contributed by atoms with E-state index in [1.807, 2.05) is 32.9 Å². The quantitative estimate of drug-likeness (QED) is 0.511. The Morgan fingerprint density at radius 1 is 1.12 bits per heavy atom. The fourth-order valence-corrected chi connectivity index (χ4v) is 3.05. The average Bonchev–Trinajstić information content (AvgIpc) is 2.93. The van der Waals surface area contributed by atoms with Crippen LogP contribution in [-0.4, -0.2) is 20.9 Å². The Hall–Kier alpha value is -3.20. The number of benzene rings is 1. The molecule has 26 heavy (non-hydrogen) atoms. The highest BCUT2D eigenvalue weighted by atomic mass is 32.1. The van der Waals surface area contributed by atoms with Crippen molar-refractivity contribution in [1.29, 1.82) is 0 Å². The minimum atomic E-state index is -0.276. The van der Waals surface area contributed by atoms with Gasteiger partial charge in [-0.15, -0.1) is 11.3 Å². The second kappa shape index (κ2) is 7.36. The van der Waals surface area contributed by atoms with Crippen molar-refractivity contribution in [1.82, 2.24) is 20.4 Å². The highest BCUT2D eigenvalue weighted by molar-refractivity contribution is 7.15. The number of nitrogens with one attached hydrogen (secondary N) is 3. The van der Waals surface area contributed by atoms with Gasteiger partial charge in [-0.3, -0.25) is 15.6 Å². The van der Waals surface area contributed by atoms with Gasteiger partial charge in [-0.05, 0) is 32.4 Å². The predicted molar refractivity (Wildman–Crippen MR) is 104 cm³/mol. The highest BCUT2D eigenvalue weighted by Gasteiger charge is 2.13. The number of amides is 1. The number of carbonyl (C=O) groups is 1. The molecule has 2 aromatic heterocycles. The molecule has 0 radical (unpaired) electrons. The van der Waals surface area contributed by atoms with E-state index >= 15 is 0 Å². The third-order valence-electron chi connectivity index (χ3n) is 3.82. The van der Waals surface area contributed by atoms with E-state index in [4.69, 9.17) is 5.73 Å². The summed E-state index contributed by atoms with van der Waals surface area (Å²) in [5, 5.41) is 3.78. The molecule has 0 saturated carbocycles. The minimum absolute atomic E-state index is 0.276. The molecule has 1 amide bonds. The SMILES string of the molecule is Cc1ccccc1C(=O)NNc1ncnc(Nc2nc(C)c(C)s2)c1N. The van der Waals surface area contributed by atoms with Gasteiger partial charge in [0, 0.05) is 10.4 Å². The molecule has 5 N–H and O–H groups in total. The Morgan fingerprint density at radius 3 is 2.54 bits per heavy atom. The molecule has 0 fully saturated rings. The molecule has 1 aromatic carbocycles. The summed E-state index contributed by atoms with van der Waals surface area (Å²) in [4.78, 5) is 26.0. The summed E-state index contributed by atoms with van der Waals surface area (Å²) in [6.07, 6.45) is 1.36. The lowest BCUT2D eigenvalue weighted by molar-refractivity contribution is 0.0962. The van der Waals surface area contributed by atoms with Crippen molar-refractivity contribution in [2.24, 2.45) is 0 Å². The normalized spacial score (nSPS) is 10.4. The molecule has 3 aromatic rings. The summed E-state index contributed by atoms with van der Waals surface area (Å²) in [6, 6.07) is 7.30. The number of nitrogen functional groups attached to an aromatic ring is 1. The predicted octanol–water partition coefficient (Wildman–Crippen LogP) is 2.94. The molecule has 0 unspecified atom stereocenters. The fraction of sp³-hybridized carbons (Fsp3) is 0.176. The summed E-state index contributed by atoms with van der Waals surface area (Å²) in [7, 11) is 0. The Balaban J connectivity index is 1.73.